The van der Waals surface area contributed by atoms with E-state index < -0.39 is 37.3 Å². The molecule has 0 aliphatic rings. The maximum absolute atomic E-state index is 13.8. The summed E-state index contributed by atoms with van der Waals surface area (Å²) in [7, 11) is -4.24. The summed E-state index contributed by atoms with van der Waals surface area (Å²) in [5.41, 5.74) is -0.514. The average molecular weight is 315 g/mol. The summed E-state index contributed by atoms with van der Waals surface area (Å²) in [4.78, 5) is 9.13. The van der Waals surface area contributed by atoms with Gasteiger partial charge in [0.2, 0.25) is 10.0 Å². The average Bonchev–Trinajstić information content (AvgIpc) is 2.44. The number of benzene rings is 1. The van der Waals surface area contributed by atoms with Gasteiger partial charge in [0.1, 0.15) is 10.7 Å². The molecule has 7 nitrogen and oxygen atoms in total. The van der Waals surface area contributed by atoms with Gasteiger partial charge in [-0.3, -0.25) is 10.1 Å². The van der Waals surface area contributed by atoms with Crippen molar-refractivity contribution in [3.63, 3.8) is 0 Å². The topological polar surface area (TPSA) is 104 Å². The fourth-order valence-corrected chi connectivity index (χ4v) is 3.31. The van der Waals surface area contributed by atoms with Crippen molar-refractivity contribution in [2.75, 3.05) is 13.1 Å². The lowest BCUT2D eigenvalue weighted by Crippen LogP contribution is -2.34. The molecule has 0 amide bonds. The smallest absolute Gasteiger partial charge is 0.258 e. The zero-order valence-corrected chi connectivity index (χ0v) is 12.3. The predicted octanol–water partition coefficient (Wildman–Crippen LogP) is 1.90. The molecule has 0 saturated heterocycles. The normalized spacial score (nSPS) is 12.9. The molecule has 0 aromatic heterocycles. The lowest BCUT2D eigenvalue weighted by atomic mass is 10.2. The summed E-state index contributed by atoms with van der Waals surface area (Å²) in [6, 6.07) is 4.21. The summed E-state index contributed by atoms with van der Waals surface area (Å²) < 4.78 is 39.4. The third-order valence-corrected chi connectivity index (χ3v) is 4.75. The monoisotopic (exact) mass is 315 g/mol. The first-order valence-electron chi connectivity index (χ1n) is 6.07. The summed E-state index contributed by atoms with van der Waals surface area (Å²) in [6.07, 6.45) is 0. The van der Waals surface area contributed by atoms with Crippen LogP contribution < -0.4 is 0 Å². The molecule has 0 radical (unpaired) electrons. The Morgan fingerprint density at radius 2 is 2.14 bits per heavy atom. The van der Waals surface area contributed by atoms with Gasteiger partial charge in [-0.05, 0) is 13.0 Å². The molecule has 0 N–H and O–H groups in total. The second kappa shape index (κ2) is 6.60. The van der Waals surface area contributed by atoms with Crippen LogP contribution in [0.25, 0.3) is 0 Å². The summed E-state index contributed by atoms with van der Waals surface area (Å²) in [5, 5.41) is 19.4. The zero-order chi connectivity index (χ0) is 16.2. The standard InChI is InChI=1S/C12H14FN3O4S/c1-3-15(8-9(2)7-14)21(19,20)12-6-10(16(17)18)4-5-11(12)13/h4-6,9H,3,8H2,1-2H3. The van der Waals surface area contributed by atoms with Crippen molar-refractivity contribution in [2.24, 2.45) is 5.92 Å². The van der Waals surface area contributed by atoms with Crippen molar-refractivity contribution >= 4 is 15.7 Å². The number of nitrogens with zero attached hydrogens (tertiary/aromatic N) is 3. The van der Waals surface area contributed by atoms with Gasteiger partial charge in [0.05, 0.1) is 16.9 Å². The van der Waals surface area contributed by atoms with E-state index in [0.29, 0.717) is 6.07 Å². The van der Waals surface area contributed by atoms with E-state index in [9.17, 15) is 22.9 Å². The molecular weight excluding hydrogens is 301 g/mol. The fourth-order valence-electron chi connectivity index (χ4n) is 1.69. The molecule has 0 aliphatic heterocycles. The molecule has 0 spiro atoms. The summed E-state index contributed by atoms with van der Waals surface area (Å²) in [5.74, 6) is -1.65. The Balaban J connectivity index is 3.32. The van der Waals surface area contributed by atoms with Gasteiger partial charge in [0, 0.05) is 25.2 Å². The number of rotatable bonds is 6. The van der Waals surface area contributed by atoms with Gasteiger partial charge >= 0.3 is 0 Å². The van der Waals surface area contributed by atoms with Crippen LogP contribution in [0.3, 0.4) is 0 Å². The minimum atomic E-state index is -4.24. The van der Waals surface area contributed by atoms with E-state index in [1.807, 2.05) is 6.07 Å². The van der Waals surface area contributed by atoms with Crippen LogP contribution in [0.2, 0.25) is 0 Å². The number of hydrogen-bond acceptors (Lipinski definition) is 5. The quantitative estimate of drug-likeness (QED) is 0.589. The Bertz CT molecular complexity index is 684. The maximum atomic E-state index is 13.8. The lowest BCUT2D eigenvalue weighted by molar-refractivity contribution is -0.385. The highest BCUT2D eigenvalue weighted by molar-refractivity contribution is 7.89. The second-order valence-corrected chi connectivity index (χ2v) is 6.26. The fraction of sp³-hybridized carbons (Fsp3) is 0.417. The molecule has 9 heteroatoms. The third-order valence-electron chi connectivity index (χ3n) is 2.79. The van der Waals surface area contributed by atoms with Gasteiger partial charge in [-0.25, -0.2) is 12.8 Å². The summed E-state index contributed by atoms with van der Waals surface area (Å²) >= 11 is 0. The van der Waals surface area contributed by atoms with Crippen LogP contribution >= 0.6 is 0 Å². The van der Waals surface area contributed by atoms with E-state index in [4.69, 9.17) is 5.26 Å². The Kier molecular flexibility index (Phi) is 5.34. The Morgan fingerprint density at radius 1 is 1.52 bits per heavy atom. The van der Waals surface area contributed by atoms with E-state index in [0.717, 1.165) is 16.4 Å². The maximum Gasteiger partial charge on any atom is 0.270 e. The van der Waals surface area contributed by atoms with Crippen molar-refractivity contribution < 1.29 is 17.7 Å². The Morgan fingerprint density at radius 3 is 2.62 bits per heavy atom. The van der Waals surface area contributed by atoms with Crippen molar-refractivity contribution in [1.82, 2.24) is 4.31 Å². The van der Waals surface area contributed by atoms with Crippen molar-refractivity contribution in [3.05, 3.63) is 34.1 Å². The molecule has 0 heterocycles. The zero-order valence-electron chi connectivity index (χ0n) is 11.5. The predicted molar refractivity (Wildman–Crippen MR) is 72.3 cm³/mol. The van der Waals surface area contributed by atoms with Crippen LogP contribution in [-0.2, 0) is 10.0 Å². The van der Waals surface area contributed by atoms with Crippen LogP contribution in [0, 0.1) is 33.2 Å². The van der Waals surface area contributed by atoms with Crippen LogP contribution in [0.5, 0.6) is 0 Å². The largest absolute Gasteiger partial charge is 0.270 e. The van der Waals surface area contributed by atoms with E-state index >= 15 is 0 Å². The molecular formula is C12H14FN3O4S. The van der Waals surface area contributed by atoms with Crippen molar-refractivity contribution in [2.45, 2.75) is 18.7 Å². The van der Waals surface area contributed by atoms with Crippen LogP contribution in [0.1, 0.15) is 13.8 Å². The molecule has 1 atom stereocenters. The molecule has 0 aliphatic carbocycles. The van der Waals surface area contributed by atoms with E-state index in [1.54, 1.807) is 0 Å². The Hall–Kier alpha value is -2.05. The van der Waals surface area contributed by atoms with Gasteiger partial charge < -0.3 is 0 Å². The lowest BCUT2D eigenvalue weighted by Gasteiger charge is -2.21. The SMILES string of the molecule is CCN(CC(C)C#N)S(=O)(=O)c1cc([N+](=O)[O-])ccc1F. The molecule has 0 saturated carbocycles. The van der Waals surface area contributed by atoms with Crippen LogP contribution in [-0.4, -0.2) is 30.7 Å². The van der Waals surface area contributed by atoms with Gasteiger partial charge in [0.15, 0.2) is 0 Å². The number of nitro benzene ring substituents is 1. The van der Waals surface area contributed by atoms with Crippen LogP contribution in [0.15, 0.2) is 23.1 Å². The highest BCUT2D eigenvalue weighted by atomic mass is 32.2. The molecule has 1 aromatic carbocycles. The van der Waals surface area contributed by atoms with E-state index in [2.05, 4.69) is 0 Å². The van der Waals surface area contributed by atoms with Gasteiger partial charge in [-0.15, -0.1) is 0 Å². The molecule has 0 fully saturated rings. The van der Waals surface area contributed by atoms with Gasteiger partial charge in [-0.2, -0.15) is 9.57 Å². The van der Waals surface area contributed by atoms with E-state index in [-0.39, 0.29) is 13.1 Å². The number of sulfonamides is 1. The number of halogens is 1. The summed E-state index contributed by atoms with van der Waals surface area (Å²) in [6.45, 7) is 2.98. The number of hydrogen-bond donors (Lipinski definition) is 0. The highest BCUT2D eigenvalue weighted by Gasteiger charge is 2.29. The van der Waals surface area contributed by atoms with Crippen LogP contribution in [0.4, 0.5) is 10.1 Å². The Labute approximate surface area is 121 Å². The highest BCUT2D eigenvalue weighted by Crippen LogP contribution is 2.24. The first-order chi connectivity index (χ1) is 9.73. The molecule has 1 rings (SSSR count). The van der Waals surface area contributed by atoms with Gasteiger partial charge in [0.25, 0.3) is 5.69 Å². The molecule has 1 aromatic rings. The van der Waals surface area contributed by atoms with Gasteiger partial charge in [-0.1, -0.05) is 6.92 Å². The molecule has 1 unspecified atom stereocenters. The number of nitriles is 1. The molecule has 21 heavy (non-hydrogen) atoms. The third kappa shape index (κ3) is 3.74. The van der Waals surface area contributed by atoms with Crippen molar-refractivity contribution in [3.8, 4) is 6.07 Å². The molecule has 0 bridgehead atoms. The minimum Gasteiger partial charge on any atom is -0.258 e. The molecule has 114 valence electrons. The first kappa shape index (κ1) is 17.0. The first-order valence-corrected chi connectivity index (χ1v) is 7.51. The number of non-ortho nitro benzene ring substituents is 1. The van der Waals surface area contributed by atoms with E-state index in [1.165, 1.54) is 13.8 Å². The van der Waals surface area contributed by atoms with Crippen molar-refractivity contribution in [1.29, 1.82) is 5.26 Å². The second-order valence-electron chi connectivity index (χ2n) is 4.36. The number of nitro groups is 1. The minimum absolute atomic E-state index is 0.0243.